The number of nitrogens with one attached hydrogen (secondary N) is 1. The van der Waals surface area contributed by atoms with Crippen molar-refractivity contribution in [1.29, 1.82) is 0 Å². The summed E-state index contributed by atoms with van der Waals surface area (Å²) in [5.41, 5.74) is 7.78. The summed E-state index contributed by atoms with van der Waals surface area (Å²) in [5, 5.41) is 0.965. The van der Waals surface area contributed by atoms with Crippen molar-refractivity contribution in [2.24, 2.45) is 5.73 Å². The maximum atomic E-state index is 11.7. The van der Waals surface area contributed by atoms with Gasteiger partial charge in [0.15, 0.2) is 0 Å². The molecule has 0 spiro atoms. The predicted molar refractivity (Wildman–Crippen MR) is 98.3 cm³/mol. The van der Waals surface area contributed by atoms with E-state index in [4.69, 9.17) is 5.73 Å². The van der Waals surface area contributed by atoms with Gasteiger partial charge in [-0.05, 0) is 50.3 Å². The summed E-state index contributed by atoms with van der Waals surface area (Å²) in [4.78, 5) is 14.8. The fraction of sp³-hybridized carbons (Fsp3) is 0.438. The van der Waals surface area contributed by atoms with Crippen LogP contribution in [-0.2, 0) is 0 Å². The van der Waals surface area contributed by atoms with Gasteiger partial charge in [0, 0.05) is 21.8 Å². The zero-order valence-electron chi connectivity index (χ0n) is 13.1. The van der Waals surface area contributed by atoms with Crippen molar-refractivity contribution in [1.82, 2.24) is 4.98 Å². The van der Waals surface area contributed by atoms with Crippen LogP contribution in [0.1, 0.15) is 48.5 Å². The van der Waals surface area contributed by atoms with Gasteiger partial charge in [0.1, 0.15) is 0 Å². The molecule has 0 bridgehead atoms. The monoisotopic (exact) mass is 400 g/mol. The van der Waals surface area contributed by atoms with Crippen LogP contribution in [0, 0.1) is 0 Å². The summed E-state index contributed by atoms with van der Waals surface area (Å²) in [6.45, 7) is 3.82. The average Bonchev–Trinajstić information content (AvgIpc) is 2.84. The van der Waals surface area contributed by atoms with Crippen molar-refractivity contribution in [2.75, 3.05) is 5.75 Å². The lowest BCUT2D eigenvalue weighted by Gasteiger charge is -2.52. The van der Waals surface area contributed by atoms with Crippen LogP contribution >= 0.6 is 26.5 Å². The van der Waals surface area contributed by atoms with Gasteiger partial charge < -0.3 is 10.7 Å². The average molecular weight is 401 g/mol. The van der Waals surface area contributed by atoms with Crippen LogP contribution in [-0.4, -0.2) is 30.5 Å². The number of benzene rings is 1. The summed E-state index contributed by atoms with van der Waals surface area (Å²) in [6.07, 6.45) is 3.33. The second-order valence-corrected chi connectivity index (χ2v) is 10.6. The molecule has 5 nitrogen and oxygen atoms in total. The van der Waals surface area contributed by atoms with Crippen molar-refractivity contribution in [3.63, 3.8) is 0 Å². The lowest BCUT2D eigenvalue weighted by Crippen LogP contribution is -2.36. The number of primary amides is 1. The molecule has 1 saturated heterocycles. The predicted octanol–water partition coefficient (Wildman–Crippen LogP) is 4.44. The standard InChI is InChI=1S/C16H21BrN2O3S/c1-16(2)7-9(3-4-23(16,21)22)13-8-19-14-11(13)5-10(17)6-12(14)15(18)20/h5-6,8-9,19,21-22H,3-4,7H2,1-2H3,(H2,18,20)/t9-/m0/s1. The Morgan fingerprint density at radius 1 is 1.43 bits per heavy atom. The van der Waals surface area contributed by atoms with Crippen LogP contribution in [0.5, 0.6) is 0 Å². The number of hydrogen-bond acceptors (Lipinski definition) is 3. The SMILES string of the molecule is CC1(C)C[C@@H](c2c[nH]c3c(C(N)=O)cc(Br)cc23)CCS1(O)O. The number of carbonyl (C=O) groups is 1. The number of amides is 1. The largest absolute Gasteiger partial charge is 0.366 e. The smallest absolute Gasteiger partial charge is 0.250 e. The number of fused-ring (bicyclic) bond motifs is 1. The van der Waals surface area contributed by atoms with Gasteiger partial charge in [-0.2, -0.15) is 10.6 Å². The van der Waals surface area contributed by atoms with Crippen LogP contribution < -0.4 is 5.73 Å². The molecule has 2 heterocycles. The van der Waals surface area contributed by atoms with Gasteiger partial charge in [-0.3, -0.25) is 13.9 Å². The van der Waals surface area contributed by atoms with E-state index in [9.17, 15) is 13.9 Å². The molecule has 2 aromatic rings. The lowest BCUT2D eigenvalue weighted by molar-refractivity contribution is 0.100. The van der Waals surface area contributed by atoms with Gasteiger partial charge in [-0.25, -0.2) is 0 Å². The first-order chi connectivity index (χ1) is 10.6. The summed E-state index contributed by atoms with van der Waals surface area (Å²) < 4.78 is 20.8. The molecule has 0 unspecified atom stereocenters. The molecule has 7 heteroatoms. The Hall–Kier alpha value is -1.02. The molecule has 1 aromatic carbocycles. The van der Waals surface area contributed by atoms with E-state index in [1.807, 2.05) is 26.1 Å². The number of halogens is 1. The van der Waals surface area contributed by atoms with E-state index in [1.54, 1.807) is 6.07 Å². The van der Waals surface area contributed by atoms with Gasteiger partial charge in [-0.15, -0.1) is 0 Å². The normalized spacial score (nSPS) is 24.5. The van der Waals surface area contributed by atoms with E-state index in [0.717, 1.165) is 27.4 Å². The second kappa shape index (κ2) is 5.51. The molecule has 1 amide bonds. The highest BCUT2D eigenvalue weighted by Crippen LogP contribution is 2.61. The highest BCUT2D eigenvalue weighted by molar-refractivity contribution is 9.10. The summed E-state index contributed by atoms with van der Waals surface area (Å²) in [6, 6.07) is 3.69. The number of hydrogen-bond donors (Lipinski definition) is 4. The third-order valence-electron chi connectivity index (χ3n) is 4.87. The van der Waals surface area contributed by atoms with Crippen LogP contribution in [0.3, 0.4) is 0 Å². The van der Waals surface area contributed by atoms with Gasteiger partial charge in [0.25, 0.3) is 5.91 Å². The Morgan fingerprint density at radius 2 is 2.13 bits per heavy atom. The van der Waals surface area contributed by atoms with Crippen LogP contribution in [0.4, 0.5) is 0 Å². The molecular weight excluding hydrogens is 380 g/mol. The minimum absolute atomic E-state index is 0.216. The summed E-state index contributed by atoms with van der Waals surface area (Å²) in [7, 11) is -2.56. The molecule has 1 aliphatic rings. The molecule has 1 aliphatic heterocycles. The van der Waals surface area contributed by atoms with E-state index in [2.05, 4.69) is 20.9 Å². The van der Waals surface area contributed by atoms with Crippen molar-refractivity contribution in [2.45, 2.75) is 37.4 Å². The van der Waals surface area contributed by atoms with Crippen molar-refractivity contribution in [3.05, 3.63) is 33.9 Å². The Kier molecular flexibility index (Phi) is 4.03. The molecule has 23 heavy (non-hydrogen) atoms. The quantitative estimate of drug-likeness (QED) is 0.599. The molecule has 1 fully saturated rings. The van der Waals surface area contributed by atoms with E-state index < -0.39 is 21.2 Å². The lowest BCUT2D eigenvalue weighted by atomic mass is 9.87. The Bertz CT molecular complexity index is 785. The highest BCUT2D eigenvalue weighted by Gasteiger charge is 2.41. The Morgan fingerprint density at radius 3 is 2.74 bits per heavy atom. The molecule has 0 aliphatic carbocycles. The Labute approximate surface area is 145 Å². The maximum absolute atomic E-state index is 11.7. The first-order valence-electron chi connectivity index (χ1n) is 7.48. The first-order valence-corrected chi connectivity index (χ1v) is 9.99. The Balaban J connectivity index is 2.07. The number of rotatable bonds is 2. The minimum atomic E-state index is -2.56. The van der Waals surface area contributed by atoms with Crippen molar-refractivity contribution < 1.29 is 13.9 Å². The fourth-order valence-corrected chi connectivity index (χ4v) is 5.52. The number of aromatic amines is 1. The summed E-state index contributed by atoms with van der Waals surface area (Å²) in [5.74, 6) is 0.158. The molecule has 1 aromatic heterocycles. The van der Waals surface area contributed by atoms with Crippen molar-refractivity contribution in [3.8, 4) is 0 Å². The van der Waals surface area contributed by atoms with E-state index in [-0.39, 0.29) is 5.92 Å². The minimum Gasteiger partial charge on any atom is -0.366 e. The number of nitrogens with two attached hydrogens (primary N) is 1. The van der Waals surface area contributed by atoms with Crippen LogP contribution in [0.25, 0.3) is 10.9 Å². The van der Waals surface area contributed by atoms with Gasteiger partial charge in [0.2, 0.25) is 0 Å². The van der Waals surface area contributed by atoms with E-state index in [0.29, 0.717) is 17.7 Å². The molecule has 0 radical (unpaired) electrons. The fourth-order valence-electron chi connectivity index (χ4n) is 3.43. The topological polar surface area (TPSA) is 99.3 Å². The zero-order valence-corrected chi connectivity index (χ0v) is 15.5. The molecule has 5 N–H and O–H groups in total. The van der Waals surface area contributed by atoms with Crippen LogP contribution in [0.15, 0.2) is 22.8 Å². The summed E-state index contributed by atoms with van der Waals surface area (Å²) >= 11 is 3.44. The molecule has 1 atom stereocenters. The third-order valence-corrected chi connectivity index (χ3v) is 8.06. The van der Waals surface area contributed by atoms with Crippen molar-refractivity contribution >= 4 is 43.3 Å². The zero-order chi connectivity index (χ0) is 17.0. The van der Waals surface area contributed by atoms with Gasteiger partial charge in [0.05, 0.1) is 15.8 Å². The molecular formula is C16H21BrN2O3S. The molecule has 0 saturated carbocycles. The van der Waals surface area contributed by atoms with Gasteiger partial charge >= 0.3 is 0 Å². The molecule has 126 valence electrons. The van der Waals surface area contributed by atoms with Crippen LogP contribution in [0.2, 0.25) is 0 Å². The third kappa shape index (κ3) is 2.80. The number of aromatic nitrogens is 1. The van der Waals surface area contributed by atoms with Gasteiger partial charge in [-0.1, -0.05) is 15.9 Å². The second-order valence-electron chi connectivity index (χ2n) is 6.80. The van der Waals surface area contributed by atoms with E-state index in [1.165, 1.54) is 0 Å². The maximum Gasteiger partial charge on any atom is 0.250 e. The van der Waals surface area contributed by atoms with E-state index >= 15 is 0 Å². The highest BCUT2D eigenvalue weighted by atomic mass is 79.9. The molecule has 3 rings (SSSR count). The first kappa shape index (κ1) is 16.8. The number of carbonyl (C=O) groups excluding carboxylic acids is 1. The number of H-pyrrole nitrogens is 1.